The molecule has 2 aromatic rings. The van der Waals surface area contributed by atoms with Crippen molar-refractivity contribution in [1.82, 2.24) is 9.78 Å². The SMILES string of the molecule is COC(=O)c1nn(CC2CCCCCC2)c2ccccc12. The van der Waals surface area contributed by atoms with Crippen LogP contribution in [-0.2, 0) is 11.3 Å². The van der Waals surface area contributed by atoms with Crippen molar-refractivity contribution in [3.8, 4) is 0 Å². The molecule has 1 aliphatic rings. The minimum absolute atomic E-state index is 0.356. The number of fused-ring (bicyclic) bond motifs is 1. The van der Waals surface area contributed by atoms with Gasteiger partial charge in [0.1, 0.15) is 0 Å². The molecule has 4 heteroatoms. The van der Waals surface area contributed by atoms with Crippen LogP contribution in [0.2, 0.25) is 0 Å². The second-order valence-corrected chi connectivity index (χ2v) is 5.90. The van der Waals surface area contributed by atoms with E-state index in [1.54, 1.807) is 0 Å². The van der Waals surface area contributed by atoms with Crippen molar-refractivity contribution < 1.29 is 9.53 Å². The molecule has 1 aromatic carbocycles. The summed E-state index contributed by atoms with van der Waals surface area (Å²) >= 11 is 0. The summed E-state index contributed by atoms with van der Waals surface area (Å²) in [6, 6.07) is 7.91. The number of aromatic nitrogens is 2. The van der Waals surface area contributed by atoms with Gasteiger partial charge in [-0.1, -0.05) is 43.9 Å². The Morgan fingerprint density at radius 3 is 2.67 bits per heavy atom. The normalized spacial score (nSPS) is 16.8. The molecule has 1 aromatic heterocycles. The van der Waals surface area contributed by atoms with E-state index in [0.29, 0.717) is 11.6 Å². The third-order valence-corrected chi connectivity index (χ3v) is 4.44. The maximum atomic E-state index is 11.9. The largest absolute Gasteiger partial charge is 0.464 e. The summed E-state index contributed by atoms with van der Waals surface area (Å²) in [5.74, 6) is 0.312. The molecule has 1 saturated carbocycles. The summed E-state index contributed by atoms with van der Waals surface area (Å²) in [6.45, 7) is 0.900. The first-order valence-corrected chi connectivity index (χ1v) is 7.83. The Hall–Kier alpha value is -1.84. The van der Waals surface area contributed by atoms with E-state index in [2.05, 4.69) is 5.10 Å². The highest BCUT2D eigenvalue weighted by Crippen LogP contribution is 2.26. The number of nitrogens with zero attached hydrogens (tertiary/aromatic N) is 2. The van der Waals surface area contributed by atoms with Crippen LogP contribution in [0.25, 0.3) is 10.9 Å². The van der Waals surface area contributed by atoms with Gasteiger partial charge in [0.2, 0.25) is 0 Å². The van der Waals surface area contributed by atoms with Crippen LogP contribution in [0.1, 0.15) is 49.0 Å². The topological polar surface area (TPSA) is 44.1 Å². The minimum Gasteiger partial charge on any atom is -0.464 e. The molecule has 1 fully saturated rings. The van der Waals surface area contributed by atoms with Crippen LogP contribution in [0.5, 0.6) is 0 Å². The molecule has 112 valence electrons. The molecule has 0 N–H and O–H groups in total. The monoisotopic (exact) mass is 286 g/mol. The van der Waals surface area contributed by atoms with Crippen molar-refractivity contribution in [1.29, 1.82) is 0 Å². The quantitative estimate of drug-likeness (QED) is 0.637. The van der Waals surface area contributed by atoms with Gasteiger partial charge in [0.05, 0.1) is 12.6 Å². The van der Waals surface area contributed by atoms with Gasteiger partial charge >= 0.3 is 5.97 Å². The Morgan fingerprint density at radius 1 is 1.24 bits per heavy atom. The molecule has 0 bridgehead atoms. The number of rotatable bonds is 3. The standard InChI is InChI=1S/C17H22N2O2/c1-21-17(20)16-14-10-6-7-11-15(14)19(18-16)12-13-8-4-2-3-5-9-13/h6-7,10-11,13H,2-5,8-9,12H2,1H3. The van der Waals surface area contributed by atoms with E-state index in [1.807, 2.05) is 28.9 Å². The van der Waals surface area contributed by atoms with E-state index in [0.717, 1.165) is 17.4 Å². The van der Waals surface area contributed by atoms with Crippen molar-refractivity contribution in [2.24, 2.45) is 5.92 Å². The van der Waals surface area contributed by atoms with Gasteiger partial charge in [-0.2, -0.15) is 5.10 Å². The van der Waals surface area contributed by atoms with E-state index in [4.69, 9.17) is 4.74 Å². The third kappa shape index (κ3) is 2.94. The average Bonchev–Trinajstić information content (AvgIpc) is 2.70. The fourth-order valence-corrected chi connectivity index (χ4v) is 3.31. The van der Waals surface area contributed by atoms with Crippen LogP contribution in [-0.4, -0.2) is 22.9 Å². The van der Waals surface area contributed by atoms with Crippen LogP contribution in [0.15, 0.2) is 24.3 Å². The highest BCUT2D eigenvalue weighted by atomic mass is 16.5. The Kier molecular flexibility index (Phi) is 4.23. The van der Waals surface area contributed by atoms with Gasteiger partial charge in [0, 0.05) is 11.9 Å². The lowest BCUT2D eigenvalue weighted by molar-refractivity contribution is 0.0595. The molecule has 0 atom stereocenters. The molecule has 1 heterocycles. The summed E-state index contributed by atoms with van der Waals surface area (Å²) in [5, 5.41) is 5.41. The molecule has 4 nitrogen and oxygen atoms in total. The summed E-state index contributed by atoms with van der Waals surface area (Å²) in [5.41, 5.74) is 1.46. The maximum absolute atomic E-state index is 11.9. The summed E-state index contributed by atoms with van der Waals surface area (Å²) < 4.78 is 6.85. The lowest BCUT2D eigenvalue weighted by Crippen LogP contribution is -2.12. The molecule has 0 amide bonds. The smallest absolute Gasteiger partial charge is 0.359 e. The summed E-state index contributed by atoms with van der Waals surface area (Å²) in [4.78, 5) is 11.9. The summed E-state index contributed by atoms with van der Waals surface area (Å²) in [7, 11) is 1.40. The van der Waals surface area contributed by atoms with Gasteiger partial charge in [0.25, 0.3) is 0 Å². The fourth-order valence-electron chi connectivity index (χ4n) is 3.31. The maximum Gasteiger partial charge on any atom is 0.359 e. The van der Waals surface area contributed by atoms with Crippen LogP contribution in [0.4, 0.5) is 0 Å². The first-order valence-electron chi connectivity index (χ1n) is 7.83. The number of ether oxygens (including phenoxy) is 1. The van der Waals surface area contributed by atoms with E-state index < -0.39 is 0 Å². The number of carbonyl (C=O) groups excluding carboxylic acids is 1. The number of benzene rings is 1. The fraction of sp³-hybridized carbons (Fsp3) is 0.529. The molecule has 0 saturated heterocycles. The number of carbonyl (C=O) groups is 1. The second-order valence-electron chi connectivity index (χ2n) is 5.90. The molecule has 0 unspecified atom stereocenters. The van der Waals surface area contributed by atoms with Gasteiger partial charge in [-0.25, -0.2) is 4.79 Å². The average molecular weight is 286 g/mol. The van der Waals surface area contributed by atoms with Gasteiger partial charge in [-0.05, 0) is 24.8 Å². The molecule has 0 radical (unpaired) electrons. The number of esters is 1. The van der Waals surface area contributed by atoms with E-state index in [9.17, 15) is 4.79 Å². The van der Waals surface area contributed by atoms with Crippen LogP contribution < -0.4 is 0 Å². The summed E-state index contributed by atoms with van der Waals surface area (Å²) in [6.07, 6.45) is 7.86. The Balaban J connectivity index is 1.92. The molecule has 0 aliphatic heterocycles. The van der Waals surface area contributed by atoms with Gasteiger partial charge in [0.15, 0.2) is 5.69 Å². The van der Waals surface area contributed by atoms with Crippen LogP contribution >= 0.6 is 0 Å². The minimum atomic E-state index is -0.356. The highest BCUT2D eigenvalue weighted by molar-refractivity contribution is 6.02. The van der Waals surface area contributed by atoms with Crippen molar-refractivity contribution >= 4 is 16.9 Å². The molecule has 1 aliphatic carbocycles. The van der Waals surface area contributed by atoms with Crippen molar-refractivity contribution in [2.75, 3.05) is 7.11 Å². The highest BCUT2D eigenvalue weighted by Gasteiger charge is 2.20. The van der Waals surface area contributed by atoms with Crippen molar-refractivity contribution in [3.63, 3.8) is 0 Å². The van der Waals surface area contributed by atoms with Crippen LogP contribution in [0, 0.1) is 5.92 Å². The first-order chi connectivity index (χ1) is 10.3. The molecule has 21 heavy (non-hydrogen) atoms. The third-order valence-electron chi connectivity index (χ3n) is 4.44. The Morgan fingerprint density at radius 2 is 1.95 bits per heavy atom. The number of hydrogen-bond acceptors (Lipinski definition) is 3. The second kappa shape index (κ2) is 6.29. The van der Waals surface area contributed by atoms with E-state index in [-0.39, 0.29) is 5.97 Å². The number of para-hydroxylation sites is 1. The van der Waals surface area contributed by atoms with E-state index >= 15 is 0 Å². The Bertz CT molecular complexity index is 625. The van der Waals surface area contributed by atoms with Crippen molar-refractivity contribution in [2.45, 2.75) is 45.1 Å². The van der Waals surface area contributed by atoms with Crippen LogP contribution in [0.3, 0.4) is 0 Å². The van der Waals surface area contributed by atoms with Gasteiger partial charge < -0.3 is 4.74 Å². The molecule has 0 spiro atoms. The lowest BCUT2D eigenvalue weighted by atomic mass is 10.0. The van der Waals surface area contributed by atoms with Gasteiger partial charge in [-0.3, -0.25) is 4.68 Å². The first kappa shape index (κ1) is 14.1. The number of methoxy groups -OCH3 is 1. The Labute approximate surface area is 125 Å². The zero-order valence-corrected chi connectivity index (χ0v) is 12.5. The zero-order valence-electron chi connectivity index (χ0n) is 12.5. The number of hydrogen-bond donors (Lipinski definition) is 0. The molecule has 3 rings (SSSR count). The zero-order chi connectivity index (χ0) is 14.7. The van der Waals surface area contributed by atoms with Crippen molar-refractivity contribution in [3.05, 3.63) is 30.0 Å². The molecular weight excluding hydrogens is 264 g/mol. The predicted octanol–water partition coefficient (Wildman–Crippen LogP) is 3.79. The molecular formula is C17H22N2O2. The van der Waals surface area contributed by atoms with Gasteiger partial charge in [-0.15, -0.1) is 0 Å². The lowest BCUT2D eigenvalue weighted by Gasteiger charge is -2.14. The van der Waals surface area contributed by atoms with E-state index in [1.165, 1.54) is 45.6 Å². The predicted molar refractivity (Wildman–Crippen MR) is 82.3 cm³/mol.